The van der Waals surface area contributed by atoms with E-state index in [0.29, 0.717) is 11.4 Å². The molecule has 2 aromatic carbocycles. The summed E-state index contributed by atoms with van der Waals surface area (Å²) in [6.45, 7) is 0. The van der Waals surface area contributed by atoms with E-state index in [0.717, 1.165) is 16.7 Å². The molecule has 4 nitrogen and oxygen atoms in total. The zero-order valence-electron chi connectivity index (χ0n) is 10.5. The molecule has 0 bridgehead atoms. The summed E-state index contributed by atoms with van der Waals surface area (Å²) in [4.78, 5) is 8.97. The fourth-order valence-corrected chi connectivity index (χ4v) is 2.05. The Kier molecular flexibility index (Phi) is 2.76. The van der Waals surface area contributed by atoms with Crippen LogP contribution in [0.15, 0.2) is 48.5 Å². The minimum Gasteiger partial charge on any atom is -0.507 e. The van der Waals surface area contributed by atoms with Crippen molar-refractivity contribution in [3.8, 4) is 17.1 Å². The molecule has 0 saturated heterocycles. The lowest BCUT2D eigenvalue weighted by atomic mass is 10.1. The number of aromatic hydroxyl groups is 1. The van der Waals surface area contributed by atoms with Gasteiger partial charge in [0, 0.05) is 12.4 Å². The van der Waals surface area contributed by atoms with Crippen molar-refractivity contribution in [3.05, 3.63) is 48.5 Å². The molecule has 0 unspecified atom stereocenters. The summed E-state index contributed by atoms with van der Waals surface area (Å²) >= 11 is 0. The quantitative estimate of drug-likeness (QED) is 0.735. The van der Waals surface area contributed by atoms with Crippen LogP contribution >= 0.6 is 0 Å². The highest BCUT2D eigenvalue weighted by molar-refractivity contribution is 5.90. The largest absolute Gasteiger partial charge is 0.507 e. The second kappa shape index (κ2) is 4.57. The van der Waals surface area contributed by atoms with Crippen LogP contribution in [0.2, 0.25) is 0 Å². The summed E-state index contributed by atoms with van der Waals surface area (Å²) in [5, 5.41) is 13.9. The van der Waals surface area contributed by atoms with E-state index in [-0.39, 0.29) is 5.75 Å². The lowest BCUT2D eigenvalue weighted by molar-refractivity contribution is 0.477. The molecule has 2 N–H and O–H groups in total. The molecule has 0 atom stereocenters. The first kappa shape index (κ1) is 11.5. The van der Waals surface area contributed by atoms with Crippen molar-refractivity contribution in [2.75, 3.05) is 12.4 Å². The van der Waals surface area contributed by atoms with Crippen LogP contribution in [0.1, 0.15) is 0 Å². The third-order valence-electron chi connectivity index (χ3n) is 2.98. The lowest BCUT2D eigenvalue weighted by Gasteiger charge is -2.08. The molecule has 0 radical (unpaired) electrons. The van der Waals surface area contributed by atoms with Gasteiger partial charge in [-0.25, -0.2) is 9.97 Å². The maximum Gasteiger partial charge on any atom is 0.165 e. The van der Waals surface area contributed by atoms with Gasteiger partial charge in [-0.15, -0.1) is 0 Å². The Morgan fingerprint density at radius 2 is 1.68 bits per heavy atom. The van der Waals surface area contributed by atoms with Gasteiger partial charge in [0.1, 0.15) is 11.6 Å². The molecule has 3 rings (SSSR count). The van der Waals surface area contributed by atoms with Gasteiger partial charge in [0.05, 0.1) is 11.1 Å². The van der Waals surface area contributed by atoms with Crippen molar-refractivity contribution < 1.29 is 5.11 Å². The topological polar surface area (TPSA) is 58.0 Å². The van der Waals surface area contributed by atoms with Crippen molar-refractivity contribution in [3.63, 3.8) is 0 Å². The van der Waals surface area contributed by atoms with E-state index < -0.39 is 0 Å². The first-order valence-electron chi connectivity index (χ1n) is 6.02. The molecule has 0 amide bonds. The van der Waals surface area contributed by atoms with Gasteiger partial charge in [-0.1, -0.05) is 24.3 Å². The van der Waals surface area contributed by atoms with E-state index in [1.165, 1.54) is 0 Å². The Hall–Kier alpha value is -2.62. The number of hydrogen-bond donors (Lipinski definition) is 2. The van der Waals surface area contributed by atoms with Crippen molar-refractivity contribution in [2.45, 2.75) is 0 Å². The van der Waals surface area contributed by atoms with Crippen LogP contribution in [-0.2, 0) is 0 Å². The van der Waals surface area contributed by atoms with E-state index in [1.807, 2.05) is 37.4 Å². The van der Waals surface area contributed by atoms with Gasteiger partial charge in [0.25, 0.3) is 0 Å². The number of anilines is 1. The minimum absolute atomic E-state index is 0.180. The van der Waals surface area contributed by atoms with Gasteiger partial charge in [0.2, 0.25) is 0 Å². The minimum atomic E-state index is 0.180. The number of benzene rings is 2. The van der Waals surface area contributed by atoms with Crippen molar-refractivity contribution in [1.82, 2.24) is 9.97 Å². The van der Waals surface area contributed by atoms with E-state index in [9.17, 15) is 5.11 Å². The maximum atomic E-state index is 9.90. The fourth-order valence-electron chi connectivity index (χ4n) is 2.05. The number of para-hydroxylation sites is 2. The van der Waals surface area contributed by atoms with Crippen molar-refractivity contribution in [2.24, 2.45) is 0 Å². The number of fused-ring (bicyclic) bond motifs is 1. The molecule has 1 aromatic heterocycles. The average Bonchev–Trinajstić information content (AvgIpc) is 2.46. The first-order valence-corrected chi connectivity index (χ1v) is 6.02. The van der Waals surface area contributed by atoms with E-state index >= 15 is 0 Å². The monoisotopic (exact) mass is 251 g/mol. The summed E-state index contributed by atoms with van der Waals surface area (Å²) in [5.41, 5.74) is 1.48. The van der Waals surface area contributed by atoms with Gasteiger partial charge >= 0.3 is 0 Å². The molecule has 4 heteroatoms. The Morgan fingerprint density at radius 3 is 2.47 bits per heavy atom. The molecular weight excluding hydrogens is 238 g/mol. The van der Waals surface area contributed by atoms with Crippen molar-refractivity contribution in [1.29, 1.82) is 0 Å². The van der Waals surface area contributed by atoms with Crippen LogP contribution in [0.25, 0.3) is 22.3 Å². The molecule has 3 aromatic rings. The summed E-state index contributed by atoms with van der Waals surface area (Å²) in [7, 11) is 1.82. The highest BCUT2D eigenvalue weighted by Gasteiger charge is 2.10. The van der Waals surface area contributed by atoms with Crippen LogP contribution in [0.4, 0.5) is 5.82 Å². The Morgan fingerprint density at radius 1 is 0.947 bits per heavy atom. The van der Waals surface area contributed by atoms with E-state index in [1.54, 1.807) is 18.2 Å². The summed E-state index contributed by atoms with van der Waals surface area (Å²) in [6.07, 6.45) is 0. The molecule has 0 aliphatic carbocycles. The number of aromatic nitrogens is 2. The molecule has 0 spiro atoms. The third kappa shape index (κ3) is 1.97. The highest BCUT2D eigenvalue weighted by Crippen LogP contribution is 2.29. The maximum absolute atomic E-state index is 9.90. The predicted octanol–water partition coefficient (Wildman–Crippen LogP) is 3.04. The van der Waals surface area contributed by atoms with E-state index in [4.69, 9.17) is 0 Å². The van der Waals surface area contributed by atoms with Gasteiger partial charge < -0.3 is 10.4 Å². The van der Waals surface area contributed by atoms with Crippen LogP contribution in [0.5, 0.6) is 5.75 Å². The highest BCUT2D eigenvalue weighted by atomic mass is 16.3. The fraction of sp³-hybridized carbons (Fsp3) is 0.0667. The molecule has 1 heterocycles. The van der Waals surface area contributed by atoms with E-state index in [2.05, 4.69) is 15.3 Å². The van der Waals surface area contributed by atoms with Gasteiger partial charge in [-0.05, 0) is 24.3 Å². The Bertz CT molecular complexity index is 740. The number of nitrogens with one attached hydrogen (secondary N) is 1. The molecule has 19 heavy (non-hydrogen) atoms. The van der Waals surface area contributed by atoms with Crippen molar-refractivity contribution >= 4 is 16.7 Å². The van der Waals surface area contributed by atoms with Gasteiger partial charge in [0.15, 0.2) is 5.82 Å². The molecule has 0 fully saturated rings. The summed E-state index contributed by atoms with van der Waals surface area (Å²) < 4.78 is 0. The molecule has 0 aliphatic heterocycles. The van der Waals surface area contributed by atoms with Crippen LogP contribution in [0, 0.1) is 0 Å². The zero-order valence-corrected chi connectivity index (χ0v) is 10.5. The second-order valence-corrected chi connectivity index (χ2v) is 4.18. The molecule has 0 saturated carbocycles. The average molecular weight is 251 g/mol. The van der Waals surface area contributed by atoms with Crippen LogP contribution in [0.3, 0.4) is 0 Å². The smallest absolute Gasteiger partial charge is 0.165 e. The number of hydrogen-bond acceptors (Lipinski definition) is 4. The Labute approximate surface area is 110 Å². The number of phenolic OH excluding ortho intramolecular Hbond substituents is 1. The number of phenols is 1. The van der Waals surface area contributed by atoms with Gasteiger partial charge in [-0.2, -0.15) is 0 Å². The predicted molar refractivity (Wildman–Crippen MR) is 76.2 cm³/mol. The molecule has 0 aliphatic rings. The molecule has 94 valence electrons. The Balaban J connectivity index is 2.29. The number of nitrogens with zero attached hydrogens (tertiary/aromatic N) is 2. The summed E-state index contributed by atoms with van der Waals surface area (Å²) in [6, 6.07) is 14.9. The normalized spacial score (nSPS) is 10.6. The lowest BCUT2D eigenvalue weighted by Crippen LogP contribution is -1.98. The number of rotatable bonds is 2. The third-order valence-corrected chi connectivity index (χ3v) is 2.98. The molecular formula is C15H13N3O. The SMILES string of the molecule is CNc1nc(-c2ccccc2O)nc2ccccc12. The summed E-state index contributed by atoms with van der Waals surface area (Å²) in [5.74, 6) is 1.45. The zero-order chi connectivity index (χ0) is 13.2. The second-order valence-electron chi connectivity index (χ2n) is 4.18. The van der Waals surface area contributed by atoms with Crippen LogP contribution < -0.4 is 5.32 Å². The van der Waals surface area contributed by atoms with Crippen LogP contribution in [-0.4, -0.2) is 22.1 Å². The first-order chi connectivity index (χ1) is 9.29. The standard InChI is InChI=1S/C15H13N3O/c1-16-14-10-6-2-4-8-12(10)17-15(18-14)11-7-3-5-9-13(11)19/h2-9,19H,1H3,(H,16,17,18). The van der Waals surface area contributed by atoms with Gasteiger partial charge in [-0.3, -0.25) is 0 Å².